The monoisotopic (exact) mass is 438 g/mol. The van der Waals surface area contributed by atoms with Crippen LogP contribution in [0.25, 0.3) is 0 Å². The number of hydrogen-bond acceptors (Lipinski definition) is 4. The maximum atomic E-state index is 13.3. The van der Waals surface area contributed by atoms with Crippen LogP contribution in [0, 0.1) is 17.2 Å². The number of urea groups is 1. The topological polar surface area (TPSA) is 67.2 Å². The Bertz CT molecular complexity index is 965. The number of tetrazole rings is 1. The van der Waals surface area contributed by atoms with Gasteiger partial charge >= 0.3 is 12.2 Å². The predicted octanol–water partition coefficient (Wildman–Crippen LogP) is 3.15. The van der Waals surface area contributed by atoms with Crippen LogP contribution in [0.3, 0.4) is 0 Å². The number of rotatable bonds is 3. The van der Waals surface area contributed by atoms with Gasteiger partial charge in [-0.3, -0.25) is 0 Å². The second kappa shape index (κ2) is 7.16. The van der Waals surface area contributed by atoms with E-state index in [4.69, 9.17) is 0 Å². The molecular formula is C20H22F4N6O. The van der Waals surface area contributed by atoms with E-state index in [-0.39, 0.29) is 35.4 Å². The van der Waals surface area contributed by atoms with Gasteiger partial charge in [0.05, 0.1) is 11.6 Å². The van der Waals surface area contributed by atoms with Gasteiger partial charge in [-0.05, 0) is 59.7 Å². The molecule has 2 aliphatic heterocycles. The van der Waals surface area contributed by atoms with Crippen molar-refractivity contribution in [2.75, 3.05) is 26.2 Å². The van der Waals surface area contributed by atoms with E-state index in [0.29, 0.717) is 32.2 Å². The van der Waals surface area contributed by atoms with Crippen molar-refractivity contribution in [1.82, 2.24) is 30.0 Å². The number of hydrogen-bond donors (Lipinski definition) is 0. The zero-order chi connectivity index (χ0) is 21.8. The first-order valence-electron chi connectivity index (χ1n) is 10.3. The van der Waals surface area contributed by atoms with Gasteiger partial charge in [-0.25, -0.2) is 13.9 Å². The summed E-state index contributed by atoms with van der Waals surface area (Å²) in [7, 11) is 0. The summed E-state index contributed by atoms with van der Waals surface area (Å²) in [5, 5.41) is 11.2. The van der Waals surface area contributed by atoms with Crippen LogP contribution >= 0.6 is 0 Å². The maximum Gasteiger partial charge on any atom is 0.416 e. The number of likely N-dealkylation sites (tertiary alicyclic amines) is 2. The third-order valence-electron chi connectivity index (χ3n) is 6.83. The minimum Gasteiger partial charge on any atom is -0.323 e. The van der Waals surface area contributed by atoms with E-state index in [1.807, 2.05) is 9.80 Å². The van der Waals surface area contributed by atoms with Crippen LogP contribution in [-0.4, -0.2) is 62.2 Å². The average molecular weight is 438 g/mol. The van der Waals surface area contributed by atoms with Crippen molar-refractivity contribution in [2.24, 2.45) is 11.3 Å². The zero-order valence-corrected chi connectivity index (χ0v) is 16.7. The number of halogens is 4. The molecule has 2 saturated heterocycles. The zero-order valence-electron chi connectivity index (χ0n) is 16.7. The molecule has 1 saturated carbocycles. The molecule has 2 aromatic rings. The van der Waals surface area contributed by atoms with Crippen molar-refractivity contribution in [3.05, 3.63) is 41.5 Å². The van der Waals surface area contributed by atoms with Gasteiger partial charge in [0.15, 0.2) is 0 Å². The van der Waals surface area contributed by atoms with Crippen molar-refractivity contribution in [3.63, 3.8) is 0 Å². The van der Waals surface area contributed by atoms with E-state index in [1.54, 1.807) is 11.0 Å². The molecule has 11 heteroatoms. The van der Waals surface area contributed by atoms with Crippen LogP contribution in [0.5, 0.6) is 0 Å². The molecule has 2 amide bonds. The Kier molecular flexibility index (Phi) is 4.67. The maximum absolute atomic E-state index is 13.3. The highest BCUT2D eigenvalue weighted by Gasteiger charge is 2.54. The molecule has 5 rings (SSSR count). The summed E-state index contributed by atoms with van der Waals surface area (Å²) in [5.74, 6) is -0.752. The highest BCUT2D eigenvalue weighted by atomic mass is 19.4. The van der Waals surface area contributed by atoms with Gasteiger partial charge in [-0.1, -0.05) is 6.07 Å². The molecule has 3 heterocycles. The normalized spacial score (nSPS) is 23.2. The van der Waals surface area contributed by atoms with E-state index in [0.717, 1.165) is 25.3 Å². The Morgan fingerprint density at radius 1 is 1.19 bits per heavy atom. The highest BCUT2D eigenvalue weighted by molar-refractivity contribution is 5.76. The van der Waals surface area contributed by atoms with Crippen LogP contribution in [0.15, 0.2) is 24.5 Å². The van der Waals surface area contributed by atoms with Crippen molar-refractivity contribution in [1.29, 1.82) is 0 Å². The van der Waals surface area contributed by atoms with Gasteiger partial charge in [0.2, 0.25) is 0 Å². The fourth-order valence-corrected chi connectivity index (χ4v) is 5.43. The second-order valence-electron chi connectivity index (χ2n) is 9.09. The molecule has 7 nitrogen and oxygen atoms in total. The average Bonchev–Trinajstić information content (AvgIpc) is 3.33. The van der Waals surface area contributed by atoms with Gasteiger partial charge in [0.25, 0.3) is 0 Å². The largest absolute Gasteiger partial charge is 0.416 e. The number of amides is 2. The summed E-state index contributed by atoms with van der Waals surface area (Å²) in [6.45, 7) is 2.51. The van der Waals surface area contributed by atoms with Gasteiger partial charge in [-0.15, -0.1) is 5.10 Å². The second-order valence-corrected chi connectivity index (χ2v) is 9.09. The molecule has 1 aromatic carbocycles. The number of carbonyl (C=O) groups is 1. The Hall–Kier alpha value is -2.72. The van der Waals surface area contributed by atoms with Crippen LogP contribution in [-0.2, 0) is 12.6 Å². The minimum atomic E-state index is -4.56. The van der Waals surface area contributed by atoms with Crippen LogP contribution in [0.2, 0.25) is 0 Å². The van der Waals surface area contributed by atoms with Crippen molar-refractivity contribution in [3.8, 4) is 0 Å². The number of aromatic nitrogens is 4. The Morgan fingerprint density at radius 3 is 2.65 bits per heavy atom. The van der Waals surface area contributed by atoms with Crippen LogP contribution in [0.4, 0.5) is 22.4 Å². The fraction of sp³-hybridized carbons (Fsp3) is 0.600. The van der Waals surface area contributed by atoms with E-state index < -0.39 is 17.6 Å². The molecule has 0 unspecified atom stereocenters. The lowest BCUT2D eigenvalue weighted by Crippen LogP contribution is -2.65. The van der Waals surface area contributed by atoms with Crippen LogP contribution < -0.4 is 0 Å². The highest BCUT2D eigenvalue weighted by Crippen LogP contribution is 2.53. The number of alkyl halides is 3. The lowest BCUT2D eigenvalue weighted by Gasteiger charge is -2.59. The number of benzene rings is 1. The van der Waals surface area contributed by atoms with Gasteiger partial charge in [0, 0.05) is 31.6 Å². The van der Waals surface area contributed by atoms with Crippen molar-refractivity contribution < 1.29 is 22.4 Å². The number of carbonyl (C=O) groups excluding carboxylic acids is 1. The third-order valence-corrected chi connectivity index (χ3v) is 6.83. The number of nitrogens with zero attached hydrogens (tertiary/aromatic N) is 6. The predicted molar refractivity (Wildman–Crippen MR) is 100 cm³/mol. The molecule has 1 atom stereocenters. The SMILES string of the molecule is O=C(N1CC[C@H](n2cnnn2)C1)N1CC2(CC(Cc3ccc(F)cc3C(F)(F)F)C2)C1. The molecule has 0 N–H and O–H groups in total. The first-order chi connectivity index (χ1) is 14.7. The smallest absolute Gasteiger partial charge is 0.323 e. The molecular weight excluding hydrogens is 416 g/mol. The van der Waals surface area contributed by atoms with Gasteiger partial charge in [-0.2, -0.15) is 13.2 Å². The van der Waals surface area contributed by atoms with Gasteiger partial charge < -0.3 is 9.80 Å². The van der Waals surface area contributed by atoms with Gasteiger partial charge in [0.1, 0.15) is 12.1 Å². The molecule has 0 bridgehead atoms. The summed E-state index contributed by atoms with van der Waals surface area (Å²) < 4.78 is 54.6. The Labute approximate surface area is 176 Å². The van der Waals surface area contributed by atoms with E-state index in [1.165, 1.54) is 6.07 Å². The molecule has 1 aliphatic carbocycles. The molecule has 166 valence electrons. The first kappa shape index (κ1) is 20.2. The van der Waals surface area contributed by atoms with Crippen molar-refractivity contribution >= 4 is 6.03 Å². The standard InChI is InChI=1S/C20H22F4N6O/c21-15-2-1-14(17(6-15)20(22,23)24)5-13-7-19(8-13)10-29(11-19)18(31)28-4-3-16(9-28)30-12-25-26-27-30/h1-2,6,12-13,16H,3-5,7-11H2/t16-/m0/s1. The molecule has 3 fully saturated rings. The summed E-state index contributed by atoms with van der Waals surface area (Å²) in [6.07, 6.45) is -0.343. The fourth-order valence-electron chi connectivity index (χ4n) is 5.43. The summed E-state index contributed by atoms with van der Waals surface area (Å²) in [4.78, 5) is 16.4. The Morgan fingerprint density at radius 2 is 1.97 bits per heavy atom. The van der Waals surface area contributed by atoms with Crippen molar-refractivity contribution in [2.45, 2.75) is 37.9 Å². The lowest BCUT2D eigenvalue weighted by atomic mass is 9.56. The minimum absolute atomic E-state index is 0.00235. The van der Waals surface area contributed by atoms with E-state index in [9.17, 15) is 22.4 Å². The lowest BCUT2D eigenvalue weighted by molar-refractivity contribution is -0.138. The van der Waals surface area contributed by atoms with E-state index in [2.05, 4.69) is 15.5 Å². The molecule has 1 spiro atoms. The molecule has 0 radical (unpaired) electrons. The van der Waals surface area contributed by atoms with Crippen LogP contribution in [0.1, 0.15) is 36.4 Å². The first-order valence-corrected chi connectivity index (χ1v) is 10.3. The quantitative estimate of drug-likeness (QED) is 0.691. The van der Waals surface area contributed by atoms with E-state index >= 15 is 0 Å². The molecule has 3 aliphatic rings. The summed E-state index contributed by atoms with van der Waals surface area (Å²) in [6, 6.07) is 2.99. The summed E-state index contributed by atoms with van der Waals surface area (Å²) >= 11 is 0. The molecule has 31 heavy (non-hydrogen) atoms. The summed E-state index contributed by atoms with van der Waals surface area (Å²) in [5.41, 5.74) is -0.718. The third kappa shape index (κ3) is 3.74. The molecule has 1 aromatic heterocycles. The Balaban J connectivity index is 1.13.